The number of benzene rings is 2. The summed E-state index contributed by atoms with van der Waals surface area (Å²) in [4.78, 5) is 14.9. The van der Waals surface area contributed by atoms with Crippen molar-refractivity contribution in [3.05, 3.63) is 59.2 Å². The Kier molecular flexibility index (Phi) is 7.11. The molecule has 0 fully saturated rings. The van der Waals surface area contributed by atoms with E-state index in [0.717, 1.165) is 23.3 Å². The third-order valence-electron chi connectivity index (χ3n) is 5.14. The van der Waals surface area contributed by atoms with E-state index >= 15 is 0 Å². The molecule has 0 saturated heterocycles. The molecular weight excluding hydrogens is 364 g/mol. The zero-order chi connectivity index (χ0) is 18.7. The topological polar surface area (TPSA) is 64.8 Å². The Bertz CT molecular complexity index is 782. The van der Waals surface area contributed by atoms with Gasteiger partial charge in [0.15, 0.2) is 11.5 Å². The highest BCUT2D eigenvalue weighted by Gasteiger charge is 2.29. The van der Waals surface area contributed by atoms with Crippen LogP contribution >= 0.6 is 12.4 Å². The number of rotatable bonds is 5. The summed E-state index contributed by atoms with van der Waals surface area (Å²) in [7, 11) is 3.26. The van der Waals surface area contributed by atoms with Crippen LogP contribution in [0, 0.1) is 5.92 Å². The lowest BCUT2D eigenvalue weighted by atomic mass is 9.92. The van der Waals surface area contributed by atoms with Crippen molar-refractivity contribution in [1.82, 2.24) is 4.90 Å². The molecule has 0 aliphatic carbocycles. The van der Waals surface area contributed by atoms with Crippen LogP contribution in [0.5, 0.6) is 11.5 Å². The van der Waals surface area contributed by atoms with Crippen molar-refractivity contribution in [3.63, 3.8) is 0 Å². The summed E-state index contributed by atoms with van der Waals surface area (Å²) in [6.45, 7) is 3.16. The van der Waals surface area contributed by atoms with Gasteiger partial charge in [0.2, 0.25) is 5.91 Å². The number of hydrogen-bond donors (Lipinski definition) is 1. The monoisotopic (exact) mass is 390 g/mol. The van der Waals surface area contributed by atoms with Gasteiger partial charge < -0.3 is 20.1 Å². The van der Waals surface area contributed by atoms with Gasteiger partial charge in [-0.15, -0.1) is 12.4 Å². The van der Waals surface area contributed by atoms with Gasteiger partial charge in [0.25, 0.3) is 0 Å². The minimum Gasteiger partial charge on any atom is -0.493 e. The van der Waals surface area contributed by atoms with Gasteiger partial charge in [-0.25, -0.2) is 0 Å². The molecule has 2 aromatic rings. The first-order chi connectivity index (χ1) is 12.5. The lowest BCUT2D eigenvalue weighted by Gasteiger charge is -2.33. The summed E-state index contributed by atoms with van der Waals surface area (Å²) >= 11 is 0. The fourth-order valence-electron chi connectivity index (χ4n) is 3.48. The third-order valence-corrected chi connectivity index (χ3v) is 5.14. The summed E-state index contributed by atoms with van der Waals surface area (Å²) in [5.41, 5.74) is 9.62. The molecule has 2 atom stereocenters. The number of amides is 1. The van der Waals surface area contributed by atoms with E-state index in [-0.39, 0.29) is 30.3 Å². The van der Waals surface area contributed by atoms with Gasteiger partial charge in [-0.3, -0.25) is 4.79 Å². The molecule has 1 heterocycles. The van der Waals surface area contributed by atoms with Crippen molar-refractivity contribution in [2.75, 3.05) is 20.8 Å². The van der Waals surface area contributed by atoms with Gasteiger partial charge in [0.05, 0.1) is 20.1 Å². The lowest BCUT2D eigenvalue weighted by molar-refractivity contribution is -0.136. The molecule has 0 aromatic heterocycles. The van der Waals surface area contributed by atoms with E-state index in [1.807, 2.05) is 54.3 Å². The fourth-order valence-corrected chi connectivity index (χ4v) is 3.48. The van der Waals surface area contributed by atoms with Crippen molar-refractivity contribution in [1.29, 1.82) is 0 Å². The van der Waals surface area contributed by atoms with Gasteiger partial charge in [-0.05, 0) is 35.2 Å². The van der Waals surface area contributed by atoms with Gasteiger partial charge in [0.1, 0.15) is 0 Å². The molecule has 0 saturated carbocycles. The number of carbonyl (C=O) groups is 1. The molecule has 0 radical (unpaired) electrons. The second kappa shape index (κ2) is 9.11. The second-order valence-corrected chi connectivity index (χ2v) is 6.71. The number of carbonyl (C=O) groups excluding carboxylic acids is 1. The third kappa shape index (κ3) is 4.37. The maximum Gasteiger partial charge on any atom is 0.227 e. The van der Waals surface area contributed by atoms with Crippen molar-refractivity contribution in [2.24, 2.45) is 11.7 Å². The van der Waals surface area contributed by atoms with Crippen LogP contribution in [-0.2, 0) is 17.8 Å². The molecule has 5 nitrogen and oxygen atoms in total. The van der Waals surface area contributed by atoms with Crippen molar-refractivity contribution < 1.29 is 14.3 Å². The SMILES string of the molecule is COc1cc2c(cc1OC)CN(C(=O)C(C)C(N)c1ccccc1)CC2.Cl. The smallest absolute Gasteiger partial charge is 0.227 e. The number of fused-ring (bicyclic) bond motifs is 1. The minimum absolute atomic E-state index is 0. The van der Waals surface area contributed by atoms with E-state index in [1.54, 1.807) is 14.2 Å². The van der Waals surface area contributed by atoms with E-state index in [2.05, 4.69) is 0 Å². The molecule has 3 rings (SSSR count). The van der Waals surface area contributed by atoms with Gasteiger partial charge in [-0.1, -0.05) is 37.3 Å². The maximum absolute atomic E-state index is 13.0. The summed E-state index contributed by atoms with van der Waals surface area (Å²) < 4.78 is 10.8. The molecule has 146 valence electrons. The van der Waals surface area contributed by atoms with Crippen LogP contribution in [-0.4, -0.2) is 31.6 Å². The number of halogens is 1. The zero-order valence-corrected chi connectivity index (χ0v) is 16.8. The number of ether oxygens (including phenoxy) is 2. The average molecular weight is 391 g/mol. The Labute approximate surface area is 166 Å². The van der Waals surface area contributed by atoms with Gasteiger partial charge in [-0.2, -0.15) is 0 Å². The number of nitrogens with zero attached hydrogens (tertiary/aromatic N) is 1. The van der Waals surface area contributed by atoms with E-state index in [4.69, 9.17) is 15.2 Å². The first-order valence-corrected chi connectivity index (χ1v) is 8.88. The molecule has 6 heteroatoms. The fraction of sp³-hybridized carbons (Fsp3) is 0.381. The molecule has 1 aliphatic rings. The van der Waals surface area contributed by atoms with E-state index in [0.29, 0.717) is 18.8 Å². The maximum atomic E-state index is 13.0. The highest BCUT2D eigenvalue weighted by molar-refractivity contribution is 5.85. The number of methoxy groups -OCH3 is 2. The van der Waals surface area contributed by atoms with E-state index in [9.17, 15) is 4.79 Å². The van der Waals surface area contributed by atoms with E-state index < -0.39 is 0 Å². The molecular formula is C21H27ClN2O3. The summed E-state index contributed by atoms with van der Waals surface area (Å²) in [6.07, 6.45) is 0.800. The second-order valence-electron chi connectivity index (χ2n) is 6.71. The van der Waals surface area contributed by atoms with Gasteiger partial charge in [0, 0.05) is 19.1 Å². The van der Waals surface area contributed by atoms with Crippen LogP contribution in [0.1, 0.15) is 29.7 Å². The zero-order valence-electron chi connectivity index (χ0n) is 16.0. The standard InChI is InChI=1S/C21H26N2O3.ClH/c1-14(20(22)15-7-5-4-6-8-15)21(24)23-10-9-16-11-18(25-2)19(26-3)12-17(16)13-23;/h4-8,11-12,14,20H,9-10,13,22H2,1-3H3;1H. The molecule has 0 spiro atoms. The Balaban J connectivity index is 0.00000261. The van der Waals surface area contributed by atoms with Crippen LogP contribution in [0.3, 0.4) is 0 Å². The molecule has 2 N–H and O–H groups in total. The molecule has 0 bridgehead atoms. The minimum atomic E-state index is -0.310. The van der Waals surface area contributed by atoms with Crippen LogP contribution < -0.4 is 15.2 Å². The van der Waals surface area contributed by atoms with E-state index in [1.165, 1.54) is 5.56 Å². The quantitative estimate of drug-likeness (QED) is 0.850. The van der Waals surface area contributed by atoms with Crippen LogP contribution in [0.4, 0.5) is 0 Å². The number of hydrogen-bond acceptors (Lipinski definition) is 4. The molecule has 2 aromatic carbocycles. The molecule has 1 aliphatic heterocycles. The highest BCUT2D eigenvalue weighted by Crippen LogP contribution is 2.34. The van der Waals surface area contributed by atoms with Crippen LogP contribution in [0.15, 0.2) is 42.5 Å². The number of nitrogens with two attached hydrogens (primary N) is 1. The van der Waals surface area contributed by atoms with Crippen molar-refractivity contribution in [2.45, 2.75) is 25.9 Å². The summed E-state index contributed by atoms with van der Waals surface area (Å²) in [5, 5.41) is 0. The highest BCUT2D eigenvalue weighted by atomic mass is 35.5. The Hall–Kier alpha value is -2.24. The first kappa shape index (κ1) is 21.1. The normalized spacial score (nSPS) is 15.2. The van der Waals surface area contributed by atoms with Crippen LogP contribution in [0.25, 0.3) is 0 Å². The van der Waals surface area contributed by atoms with Gasteiger partial charge >= 0.3 is 0 Å². The van der Waals surface area contributed by atoms with Crippen molar-refractivity contribution in [3.8, 4) is 11.5 Å². The largest absolute Gasteiger partial charge is 0.493 e. The Morgan fingerprint density at radius 3 is 2.26 bits per heavy atom. The molecule has 2 unspecified atom stereocenters. The summed E-state index contributed by atoms with van der Waals surface area (Å²) in [6, 6.07) is 13.5. The average Bonchev–Trinajstić information content (AvgIpc) is 2.71. The molecule has 27 heavy (non-hydrogen) atoms. The predicted octanol–water partition coefficient (Wildman–Crippen LogP) is 3.35. The molecule has 1 amide bonds. The van der Waals surface area contributed by atoms with Crippen LogP contribution in [0.2, 0.25) is 0 Å². The lowest BCUT2D eigenvalue weighted by Crippen LogP contribution is -2.42. The Morgan fingerprint density at radius 1 is 1.07 bits per heavy atom. The predicted molar refractivity (Wildman–Crippen MR) is 108 cm³/mol. The summed E-state index contributed by atoms with van der Waals surface area (Å²) in [5.74, 6) is 1.22. The van der Waals surface area contributed by atoms with Crippen molar-refractivity contribution >= 4 is 18.3 Å². The first-order valence-electron chi connectivity index (χ1n) is 8.88. The Morgan fingerprint density at radius 2 is 1.67 bits per heavy atom.